The molecule has 2 aliphatic rings. The molecule has 0 spiro atoms. The van der Waals surface area contributed by atoms with Crippen LogP contribution in [0, 0.1) is 0 Å². The van der Waals surface area contributed by atoms with Crippen molar-refractivity contribution in [3.63, 3.8) is 0 Å². The predicted molar refractivity (Wildman–Crippen MR) is 119 cm³/mol. The third kappa shape index (κ3) is 4.32. The number of nitrogens with one attached hydrogen (secondary N) is 2. The Kier molecular flexibility index (Phi) is 5.29. The first-order chi connectivity index (χ1) is 16.5. The monoisotopic (exact) mass is 503 g/mol. The maximum atomic E-state index is 13.7. The Morgan fingerprint density at radius 3 is 2.40 bits per heavy atom. The zero-order valence-corrected chi connectivity index (χ0v) is 18.8. The first-order valence-corrected chi connectivity index (χ1v) is 12.0. The summed E-state index contributed by atoms with van der Waals surface area (Å²) in [5, 5.41) is 9.93. The fraction of sp³-hybridized carbons (Fsp3) is 0.208. The fourth-order valence-electron chi connectivity index (χ4n) is 4.16. The van der Waals surface area contributed by atoms with Crippen molar-refractivity contribution in [3.05, 3.63) is 71.8 Å². The number of fused-ring (bicyclic) bond motifs is 1. The minimum atomic E-state index is -4.72. The van der Waals surface area contributed by atoms with Gasteiger partial charge in [-0.15, -0.1) is 5.14 Å². The number of sulfonamides is 1. The molecular formula is C24H18F3N2O5S. The molecule has 1 heterocycles. The number of carbonyl (C=O) groups excluding carboxylic acids is 1. The summed E-state index contributed by atoms with van der Waals surface area (Å²) in [7, 11) is -4.38. The Labute approximate surface area is 198 Å². The van der Waals surface area contributed by atoms with Gasteiger partial charge in [0.05, 0.1) is 15.9 Å². The summed E-state index contributed by atoms with van der Waals surface area (Å²) in [5.74, 6) is 0.737. The second-order valence-electron chi connectivity index (χ2n) is 8.39. The molecule has 1 aliphatic carbocycles. The summed E-state index contributed by atoms with van der Waals surface area (Å²) in [6, 6.07) is 13.1. The van der Waals surface area contributed by atoms with E-state index in [1.54, 1.807) is 18.2 Å². The SMILES string of the molecule is [NH]S(=O)(=O)c1cccc(-c2cc(NC(=O)C3(c4ccc5c(c4)OCO5)CC3)ccc2C(F)(F)F)c1. The van der Waals surface area contributed by atoms with Crippen LogP contribution in [0.25, 0.3) is 11.1 Å². The van der Waals surface area contributed by atoms with Crippen LogP contribution >= 0.6 is 0 Å². The van der Waals surface area contributed by atoms with Crippen molar-refractivity contribution in [2.24, 2.45) is 0 Å². The van der Waals surface area contributed by atoms with E-state index in [9.17, 15) is 26.4 Å². The highest BCUT2D eigenvalue weighted by atomic mass is 32.2. The molecule has 1 aliphatic heterocycles. The highest BCUT2D eigenvalue weighted by molar-refractivity contribution is 7.88. The van der Waals surface area contributed by atoms with Gasteiger partial charge >= 0.3 is 6.18 Å². The molecule has 1 radical (unpaired) electrons. The molecule has 1 amide bonds. The van der Waals surface area contributed by atoms with Crippen LogP contribution in [-0.4, -0.2) is 21.1 Å². The lowest BCUT2D eigenvalue weighted by molar-refractivity contribution is -0.137. The van der Waals surface area contributed by atoms with Gasteiger partial charge in [-0.1, -0.05) is 18.2 Å². The van der Waals surface area contributed by atoms with Gasteiger partial charge in [-0.2, -0.15) is 13.2 Å². The third-order valence-electron chi connectivity index (χ3n) is 6.15. The van der Waals surface area contributed by atoms with E-state index in [1.807, 2.05) is 0 Å². The van der Waals surface area contributed by atoms with E-state index >= 15 is 0 Å². The van der Waals surface area contributed by atoms with Gasteiger partial charge in [0.15, 0.2) is 11.5 Å². The van der Waals surface area contributed by atoms with Crippen LogP contribution in [0.2, 0.25) is 0 Å². The summed E-state index contributed by atoms with van der Waals surface area (Å²) >= 11 is 0. The molecule has 0 atom stereocenters. The van der Waals surface area contributed by atoms with Crippen molar-refractivity contribution in [1.82, 2.24) is 5.14 Å². The van der Waals surface area contributed by atoms with Crippen LogP contribution in [0.3, 0.4) is 0 Å². The number of rotatable bonds is 5. The van der Waals surface area contributed by atoms with Gasteiger partial charge in [-0.3, -0.25) is 4.79 Å². The number of hydrogen-bond donors (Lipinski definition) is 1. The molecule has 1 fully saturated rings. The van der Waals surface area contributed by atoms with Gasteiger partial charge in [-0.05, 0) is 72.0 Å². The van der Waals surface area contributed by atoms with Crippen molar-refractivity contribution >= 4 is 21.6 Å². The molecule has 0 saturated heterocycles. The van der Waals surface area contributed by atoms with Gasteiger partial charge < -0.3 is 14.8 Å². The van der Waals surface area contributed by atoms with Crippen LogP contribution in [0.4, 0.5) is 18.9 Å². The third-order valence-corrected chi connectivity index (χ3v) is 7.02. The number of ether oxygens (including phenoxy) is 2. The van der Waals surface area contributed by atoms with Gasteiger partial charge in [0.1, 0.15) is 0 Å². The molecule has 181 valence electrons. The largest absolute Gasteiger partial charge is 0.454 e. The molecule has 7 nitrogen and oxygen atoms in total. The number of benzene rings is 3. The number of carbonyl (C=O) groups is 1. The van der Waals surface area contributed by atoms with Crippen molar-refractivity contribution < 1.29 is 35.9 Å². The molecule has 11 heteroatoms. The molecule has 5 rings (SSSR count). The molecule has 35 heavy (non-hydrogen) atoms. The van der Waals surface area contributed by atoms with E-state index in [2.05, 4.69) is 5.32 Å². The first kappa shape index (κ1) is 23.2. The van der Waals surface area contributed by atoms with Crippen LogP contribution in [-0.2, 0) is 26.4 Å². The normalized spacial score (nSPS) is 16.1. The highest BCUT2D eigenvalue weighted by Gasteiger charge is 2.51. The lowest BCUT2D eigenvalue weighted by Gasteiger charge is -2.19. The summed E-state index contributed by atoms with van der Waals surface area (Å²) < 4.78 is 75.1. The number of hydrogen-bond acceptors (Lipinski definition) is 5. The van der Waals surface area contributed by atoms with Crippen LogP contribution < -0.4 is 19.9 Å². The van der Waals surface area contributed by atoms with Crippen molar-refractivity contribution in [2.75, 3.05) is 12.1 Å². The number of alkyl halides is 3. The van der Waals surface area contributed by atoms with Crippen LogP contribution in [0.5, 0.6) is 11.5 Å². The summed E-state index contributed by atoms with van der Waals surface area (Å²) in [6.07, 6.45) is -3.59. The molecule has 0 unspecified atom stereocenters. The summed E-state index contributed by atoms with van der Waals surface area (Å²) in [5.41, 5.74) is -1.33. The first-order valence-electron chi connectivity index (χ1n) is 10.5. The predicted octanol–water partition coefficient (Wildman–Crippen LogP) is 4.74. The van der Waals surface area contributed by atoms with Crippen molar-refractivity contribution in [1.29, 1.82) is 0 Å². The maximum Gasteiger partial charge on any atom is 0.417 e. The van der Waals surface area contributed by atoms with Gasteiger partial charge in [0, 0.05) is 5.69 Å². The minimum Gasteiger partial charge on any atom is -0.454 e. The zero-order chi connectivity index (χ0) is 25.0. The number of amides is 1. The maximum absolute atomic E-state index is 13.7. The summed E-state index contributed by atoms with van der Waals surface area (Å²) in [4.78, 5) is 12.8. The molecule has 3 aromatic carbocycles. The Balaban J connectivity index is 1.49. The molecular weight excluding hydrogens is 485 g/mol. The average molecular weight is 503 g/mol. The van der Waals surface area contributed by atoms with E-state index in [4.69, 9.17) is 14.6 Å². The molecule has 1 saturated carbocycles. The Hall–Kier alpha value is -3.57. The number of halogens is 3. The topological polar surface area (TPSA) is 106 Å². The second-order valence-corrected chi connectivity index (χ2v) is 9.87. The fourth-order valence-corrected chi connectivity index (χ4v) is 4.70. The van der Waals surface area contributed by atoms with E-state index in [1.165, 1.54) is 12.1 Å². The van der Waals surface area contributed by atoms with Crippen molar-refractivity contribution in [2.45, 2.75) is 29.3 Å². The minimum absolute atomic E-state index is 0.0429. The zero-order valence-electron chi connectivity index (χ0n) is 18.0. The molecule has 3 aromatic rings. The van der Waals surface area contributed by atoms with Crippen LogP contribution in [0.1, 0.15) is 24.0 Å². The van der Waals surface area contributed by atoms with E-state index < -0.39 is 32.1 Å². The molecule has 0 bridgehead atoms. The smallest absolute Gasteiger partial charge is 0.417 e. The molecule has 2 N–H and O–H groups in total. The van der Waals surface area contributed by atoms with E-state index in [0.29, 0.717) is 24.3 Å². The Morgan fingerprint density at radius 1 is 0.971 bits per heavy atom. The standard InChI is InChI=1S/C24H18F3N2O5S/c25-24(26,27)19-6-5-16(12-18(19)14-2-1-3-17(10-14)35(28,31)32)29-22(30)23(8-9-23)15-4-7-20-21(11-15)34-13-33-20/h1-7,10-12,28H,8-9,13H2,(H,29,30). The van der Waals surface area contributed by atoms with E-state index in [-0.39, 0.29) is 29.5 Å². The molecule has 0 aromatic heterocycles. The van der Waals surface area contributed by atoms with Gasteiger partial charge in [0.2, 0.25) is 12.7 Å². The number of anilines is 1. The second kappa shape index (κ2) is 7.99. The highest BCUT2D eigenvalue weighted by Crippen LogP contribution is 2.51. The van der Waals surface area contributed by atoms with Crippen molar-refractivity contribution in [3.8, 4) is 22.6 Å². The van der Waals surface area contributed by atoms with Gasteiger partial charge in [0.25, 0.3) is 10.0 Å². The van der Waals surface area contributed by atoms with Gasteiger partial charge in [-0.25, -0.2) is 8.42 Å². The lowest BCUT2D eigenvalue weighted by atomic mass is 9.94. The average Bonchev–Trinajstić information content (AvgIpc) is 3.49. The van der Waals surface area contributed by atoms with E-state index in [0.717, 1.165) is 35.9 Å². The summed E-state index contributed by atoms with van der Waals surface area (Å²) in [6.45, 7) is 0.0923. The Morgan fingerprint density at radius 2 is 1.71 bits per heavy atom. The quantitative estimate of drug-likeness (QED) is 0.541. The van der Waals surface area contributed by atoms with Crippen LogP contribution in [0.15, 0.2) is 65.6 Å². The Bertz CT molecular complexity index is 1450. The lowest BCUT2D eigenvalue weighted by Crippen LogP contribution is -2.27.